The summed E-state index contributed by atoms with van der Waals surface area (Å²) >= 11 is 0. The molecule has 0 spiro atoms. The van der Waals surface area contributed by atoms with Gasteiger partial charge < -0.3 is 4.90 Å². The number of para-hydroxylation sites is 1. The van der Waals surface area contributed by atoms with Crippen molar-refractivity contribution in [1.82, 2.24) is 24.2 Å². The predicted octanol–water partition coefficient (Wildman–Crippen LogP) is 5.76. The summed E-state index contributed by atoms with van der Waals surface area (Å²) in [7, 11) is 0. The van der Waals surface area contributed by atoms with E-state index in [-0.39, 0.29) is 42.8 Å². The highest BCUT2D eigenvalue weighted by atomic mass is 35.5. The molecule has 2 aromatic carbocycles. The summed E-state index contributed by atoms with van der Waals surface area (Å²) in [6, 6.07) is 21.7. The summed E-state index contributed by atoms with van der Waals surface area (Å²) in [6.07, 6.45) is 6.32. The highest BCUT2D eigenvalue weighted by Crippen LogP contribution is 2.22. The molecular formula is C27H28Cl3N5O. The van der Waals surface area contributed by atoms with Crippen molar-refractivity contribution in [2.75, 3.05) is 19.6 Å². The molecule has 0 atom stereocenters. The molecule has 36 heavy (non-hydrogen) atoms. The summed E-state index contributed by atoms with van der Waals surface area (Å²) in [5.74, 6) is 0. The van der Waals surface area contributed by atoms with Crippen LogP contribution in [0.1, 0.15) is 12.8 Å². The predicted molar refractivity (Wildman–Crippen MR) is 153 cm³/mol. The molecule has 5 aromatic rings. The zero-order chi connectivity index (χ0) is 22.2. The van der Waals surface area contributed by atoms with E-state index >= 15 is 0 Å². The maximum Gasteiger partial charge on any atom is 0.255 e. The van der Waals surface area contributed by atoms with E-state index in [9.17, 15) is 4.79 Å². The first-order valence-corrected chi connectivity index (χ1v) is 11.5. The third-order valence-corrected chi connectivity index (χ3v) is 6.54. The van der Waals surface area contributed by atoms with E-state index < -0.39 is 0 Å². The molecule has 1 fully saturated rings. The van der Waals surface area contributed by atoms with E-state index in [1.807, 2.05) is 67.0 Å². The van der Waals surface area contributed by atoms with Crippen LogP contribution in [0.25, 0.3) is 38.8 Å². The Bertz CT molecular complexity index is 1530. The van der Waals surface area contributed by atoms with Gasteiger partial charge in [0.15, 0.2) is 0 Å². The summed E-state index contributed by atoms with van der Waals surface area (Å²) in [4.78, 5) is 20.2. The molecule has 0 unspecified atom stereocenters. The lowest BCUT2D eigenvalue weighted by atomic mass is 10.1. The van der Waals surface area contributed by atoms with Crippen LogP contribution in [-0.4, -0.2) is 43.9 Å². The van der Waals surface area contributed by atoms with E-state index in [2.05, 4.69) is 20.7 Å². The number of pyridine rings is 2. The molecule has 6 rings (SSSR count). The number of aromatic nitrogens is 4. The van der Waals surface area contributed by atoms with Gasteiger partial charge in [-0.25, -0.2) is 4.98 Å². The minimum atomic E-state index is -0.0803. The fraction of sp³-hybridized carbons (Fsp3) is 0.222. The minimum Gasteiger partial charge on any atom is -0.301 e. The smallest absolute Gasteiger partial charge is 0.255 e. The van der Waals surface area contributed by atoms with Gasteiger partial charge in [0.2, 0.25) is 0 Å². The molecule has 0 amide bonds. The Morgan fingerprint density at radius 3 is 2.42 bits per heavy atom. The van der Waals surface area contributed by atoms with Crippen LogP contribution in [0.2, 0.25) is 0 Å². The minimum absolute atomic E-state index is 0. The summed E-state index contributed by atoms with van der Waals surface area (Å²) < 4.78 is 3.74. The van der Waals surface area contributed by atoms with Gasteiger partial charge in [0, 0.05) is 40.8 Å². The van der Waals surface area contributed by atoms with Crippen LogP contribution < -0.4 is 5.56 Å². The molecule has 0 saturated carbocycles. The Hall–Kier alpha value is -2.90. The van der Waals surface area contributed by atoms with Crippen molar-refractivity contribution in [3.63, 3.8) is 0 Å². The standard InChI is InChI=1S/C27H25N5O.3ClH/c33-27-18-21(25-9-7-20-5-1-2-6-24(20)29-25)11-14-31(27)23-8-10-26-22(17-23)19-28-32(26)16-15-30-12-3-4-13-30;;;/h1-2,5-11,14,17-19H,3-4,12-13,15-16H2;3*1H. The lowest BCUT2D eigenvalue weighted by molar-refractivity contribution is 0.318. The molecule has 0 radical (unpaired) electrons. The quantitative estimate of drug-likeness (QED) is 0.282. The van der Waals surface area contributed by atoms with Gasteiger partial charge in [-0.2, -0.15) is 5.10 Å². The fourth-order valence-corrected chi connectivity index (χ4v) is 4.72. The van der Waals surface area contributed by atoms with Crippen molar-refractivity contribution in [2.45, 2.75) is 19.4 Å². The Kier molecular flexibility index (Phi) is 9.14. The van der Waals surface area contributed by atoms with E-state index in [1.54, 1.807) is 10.6 Å². The van der Waals surface area contributed by atoms with Crippen LogP contribution in [0, 0.1) is 0 Å². The van der Waals surface area contributed by atoms with Gasteiger partial charge in [0.25, 0.3) is 5.56 Å². The van der Waals surface area contributed by atoms with Crippen molar-refractivity contribution in [2.24, 2.45) is 0 Å². The second-order valence-corrected chi connectivity index (χ2v) is 8.67. The van der Waals surface area contributed by atoms with Crippen molar-refractivity contribution in [3.05, 3.63) is 89.5 Å². The number of likely N-dealkylation sites (tertiary alicyclic amines) is 1. The zero-order valence-electron chi connectivity index (χ0n) is 19.6. The van der Waals surface area contributed by atoms with Crippen molar-refractivity contribution < 1.29 is 0 Å². The number of nitrogens with zero attached hydrogens (tertiary/aromatic N) is 5. The highest BCUT2D eigenvalue weighted by Gasteiger charge is 2.13. The molecule has 0 bridgehead atoms. The molecule has 9 heteroatoms. The van der Waals surface area contributed by atoms with Crippen LogP contribution in [0.15, 0.2) is 83.9 Å². The third-order valence-electron chi connectivity index (χ3n) is 6.54. The zero-order valence-corrected chi connectivity index (χ0v) is 22.1. The fourth-order valence-electron chi connectivity index (χ4n) is 4.72. The normalized spacial score (nSPS) is 13.2. The maximum atomic E-state index is 13.0. The van der Waals surface area contributed by atoms with E-state index in [0.717, 1.165) is 51.8 Å². The number of fused-ring (bicyclic) bond motifs is 2. The Morgan fingerprint density at radius 2 is 1.61 bits per heavy atom. The van der Waals surface area contributed by atoms with Gasteiger partial charge in [0.05, 0.1) is 29.5 Å². The molecule has 0 N–H and O–H groups in total. The van der Waals surface area contributed by atoms with Gasteiger partial charge in [-0.05, 0) is 62.3 Å². The molecule has 1 aliphatic rings. The molecule has 188 valence electrons. The van der Waals surface area contributed by atoms with Crippen molar-refractivity contribution in [3.8, 4) is 16.9 Å². The number of hydrogen-bond donors (Lipinski definition) is 0. The van der Waals surface area contributed by atoms with Crippen molar-refractivity contribution >= 4 is 59.0 Å². The van der Waals surface area contributed by atoms with Crippen LogP contribution in [-0.2, 0) is 6.54 Å². The third kappa shape index (κ3) is 5.42. The van der Waals surface area contributed by atoms with Gasteiger partial charge in [0.1, 0.15) is 0 Å². The van der Waals surface area contributed by atoms with Crippen LogP contribution in [0.5, 0.6) is 0 Å². The highest BCUT2D eigenvalue weighted by molar-refractivity contribution is 5.86. The lowest BCUT2D eigenvalue weighted by Gasteiger charge is -2.14. The van der Waals surface area contributed by atoms with Gasteiger partial charge in [-0.15, -0.1) is 37.2 Å². The number of halogens is 3. The molecule has 1 aliphatic heterocycles. The first kappa shape index (κ1) is 27.7. The van der Waals surface area contributed by atoms with Crippen LogP contribution in [0.3, 0.4) is 0 Å². The van der Waals surface area contributed by atoms with Crippen LogP contribution >= 0.6 is 37.2 Å². The van der Waals surface area contributed by atoms with Gasteiger partial charge >= 0.3 is 0 Å². The summed E-state index contributed by atoms with van der Waals surface area (Å²) in [6.45, 7) is 4.30. The molecule has 4 heterocycles. The topological polar surface area (TPSA) is 56.0 Å². The monoisotopic (exact) mass is 543 g/mol. The molecule has 1 saturated heterocycles. The summed E-state index contributed by atoms with van der Waals surface area (Å²) in [5, 5.41) is 6.72. The van der Waals surface area contributed by atoms with Crippen molar-refractivity contribution in [1.29, 1.82) is 0 Å². The average Bonchev–Trinajstić information content (AvgIpc) is 3.52. The second kappa shape index (κ2) is 11.9. The van der Waals surface area contributed by atoms with E-state index in [1.165, 1.54) is 25.9 Å². The van der Waals surface area contributed by atoms with E-state index in [4.69, 9.17) is 4.98 Å². The first-order valence-electron chi connectivity index (χ1n) is 11.5. The molecule has 0 aliphatic carbocycles. The average molecular weight is 545 g/mol. The largest absolute Gasteiger partial charge is 0.301 e. The maximum absolute atomic E-state index is 13.0. The SMILES string of the molecule is Cl.Cl.Cl.O=c1cc(-c2ccc3ccccc3n2)ccn1-c1ccc2c(cnn2CCN2CCCC2)c1. The lowest BCUT2D eigenvalue weighted by Crippen LogP contribution is -2.24. The number of hydrogen-bond acceptors (Lipinski definition) is 4. The van der Waals surface area contributed by atoms with Gasteiger partial charge in [-0.1, -0.05) is 24.3 Å². The van der Waals surface area contributed by atoms with Gasteiger partial charge in [-0.3, -0.25) is 14.0 Å². The second-order valence-electron chi connectivity index (χ2n) is 8.67. The number of benzene rings is 2. The van der Waals surface area contributed by atoms with E-state index in [0.29, 0.717) is 0 Å². The van der Waals surface area contributed by atoms with Crippen LogP contribution in [0.4, 0.5) is 0 Å². The molecular weight excluding hydrogens is 517 g/mol. The Morgan fingerprint density at radius 1 is 0.806 bits per heavy atom. The number of rotatable bonds is 5. The summed E-state index contributed by atoms with van der Waals surface area (Å²) in [5.41, 5.74) is 4.40. The Balaban J connectivity index is 0.00000120. The first-order chi connectivity index (χ1) is 16.2. The molecule has 3 aromatic heterocycles. The Labute approximate surface area is 228 Å². The molecule has 6 nitrogen and oxygen atoms in total.